The van der Waals surface area contributed by atoms with Gasteiger partial charge in [-0.3, -0.25) is 9.59 Å². The fourth-order valence-corrected chi connectivity index (χ4v) is 1.85. The van der Waals surface area contributed by atoms with Gasteiger partial charge in [-0.05, 0) is 18.1 Å². The maximum Gasteiger partial charge on any atom is 0.318 e. The second-order valence-electron chi connectivity index (χ2n) is 3.73. The van der Waals surface area contributed by atoms with Gasteiger partial charge in [-0.1, -0.05) is 11.6 Å². The van der Waals surface area contributed by atoms with Crippen LogP contribution in [0.1, 0.15) is 5.56 Å². The summed E-state index contributed by atoms with van der Waals surface area (Å²) in [5.74, 6) is -3.45. The van der Waals surface area contributed by atoms with Gasteiger partial charge in [0.25, 0.3) is 0 Å². The molecule has 7 heteroatoms. The van der Waals surface area contributed by atoms with Crippen LogP contribution < -0.4 is 9.47 Å². The lowest BCUT2D eigenvalue weighted by Crippen LogP contribution is -2.25. The van der Waals surface area contributed by atoms with Crippen LogP contribution in [0, 0.1) is 5.92 Å². The van der Waals surface area contributed by atoms with Gasteiger partial charge < -0.3 is 19.7 Å². The molecule has 0 fully saturated rings. The molecule has 0 radical (unpaired) electrons. The lowest BCUT2D eigenvalue weighted by atomic mass is 9.99. The van der Waals surface area contributed by atoms with E-state index in [1.807, 2.05) is 0 Å². The quantitative estimate of drug-likeness (QED) is 0.805. The highest BCUT2D eigenvalue weighted by Crippen LogP contribution is 2.37. The highest BCUT2D eigenvalue weighted by atomic mass is 35.5. The third-order valence-corrected chi connectivity index (χ3v) is 2.91. The van der Waals surface area contributed by atoms with E-state index in [1.165, 1.54) is 12.1 Å². The Balaban J connectivity index is 2.28. The zero-order valence-corrected chi connectivity index (χ0v) is 9.81. The van der Waals surface area contributed by atoms with E-state index < -0.39 is 17.9 Å². The third-order valence-electron chi connectivity index (χ3n) is 2.56. The number of carboxylic acids is 2. The Labute approximate surface area is 107 Å². The van der Waals surface area contributed by atoms with Gasteiger partial charge in [-0.25, -0.2) is 0 Å². The van der Waals surface area contributed by atoms with Gasteiger partial charge in [0.2, 0.25) is 6.79 Å². The van der Waals surface area contributed by atoms with Crippen LogP contribution in [-0.2, 0) is 16.0 Å². The normalized spacial score (nSPS) is 12.8. The molecule has 0 saturated heterocycles. The van der Waals surface area contributed by atoms with Gasteiger partial charge in [0.15, 0.2) is 17.4 Å². The van der Waals surface area contributed by atoms with E-state index in [-0.39, 0.29) is 18.2 Å². The number of hydrogen-bond donors (Lipinski definition) is 2. The zero-order chi connectivity index (χ0) is 13.3. The summed E-state index contributed by atoms with van der Waals surface area (Å²) in [4.78, 5) is 21.6. The van der Waals surface area contributed by atoms with E-state index in [9.17, 15) is 9.59 Å². The Morgan fingerprint density at radius 2 is 1.78 bits per heavy atom. The topological polar surface area (TPSA) is 93.1 Å². The molecule has 96 valence electrons. The molecule has 1 aromatic carbocycles. The minimum absolute atomic E-state index is 0.0659. The van der Waals surface area contributed by atoms with Crippen LogP contribution in [0.5, 0.6) is 11.5 Å². The molecule has 0 bridgehead atoms. The number of benzene rings is 1. The number of carbonyl (C=O) groups is 2. The molecule has 1 aliphatic rings. The average Bonchev–Trinajstić information content (AvgIpc) is 2.71. The van der Waals surface area contributed by atoms with Crippen LogP contribution in [0.4, 0.5) is 0 Å². The molecule has 2 N–H and O–H groups in total. The van der Waals surface area contributed by atoms with Crippen molar-refractivity contribution in [3.63, 3.8) is 0 Å². The molecule has 6 nitrogen and oxygen atoms in total. The van der Waals surface area contributed by atoms with Crippen LogP contribution in [0.3, 0.4) is 0 Å². The summed E-state index contributed by atoms with van der Waals surface area (Å²) < 4.78 is 10.2. The summed E-state index contributed by atoms with van der Waals surface area (Å²) in [6.07, 6.45) is -0.208. The zero-order valence-electron chi connectivity index (χ0n) is 9.05. The predicted molar refractivity (Wildman–Crippen MR) is 60.0 cm³/mol. The van der Waals surface area contributed by atoms with Gasteiger partial charge in [0.05, 0.1) is 0 Å². The number of rotatable bonds is 4. The molecule has 0 spiro atoms. The Morgan fingerprint density at radius 1 is 1.22 bits per heavy atom. The van der Waals surface area contributed by atoms with Gasteiger partial charge in [0, 0.05) is 11.1 Å². The minimum Gasteiger partial charge on any atom is -0.481 e. The Kier molecular flexibility index (Phi) is 3.29. The fourth-order valence-electron chi connectivity index (χ4n) is 1.62. The molecule has 1 aromatic rings. The molecule has 0 atom stereocenters. The summed E-state index contributed by atoms with van der Waals surface area (Å²) in [5, 5.41) is 17.9. The largest absolute Gasteiger partial charge is 0.481 e. The van der Waals surface area contributed by atoms with E-state index in [2.05, 4.69) is 0 Å². The standard InChI is InChI=1S/C11H9ClO6/c12-7-3-9-8(17-4-18-9)2-5(7)1-6(10(13)14)11(15)16/h2-3,6H,1,4H2,(H,13,14)(H,15,16). The number of carboxylic acid groups (broad SMARTS) is 2. The Morgan fingerprint density at radius 3 is 2.33 bits per heavy atom. The molecule has 2 rings (SSSR count). The lowest BCUT2D eigenvalue weighted by Gasteiger charge is -2.09. The Bertz CT molecular complexity index is 499. The first-order valence-electron chi connectivity index (χ1n) is 5.02. The summed E-state index contributed by atoms with van der Waals surface area (Å²) in [7, 11) is 0. The maximum absolute atomic E-state index is 10.8. The number of halogens is 1. The minimum atomic E-state index is -1.54. The summed E-state index contributed by atoms with van der Waals surface area (Å²) >= 11 is 5.94. The van der Waals surface area contributed by atoms with Crippen molar-refractivity contribution in [2.75, 3.05) is 6.79 Å². The maximum atomic E-state index is 10.8. The van der Waals surface area contributed by atoms with Crippen LogP contribution in [-0.4, -0.2) is 28.9 Å². The molecule has 1 aliphatic heterocycles. The molecule has 0 unspecified atom stereocenters. The van der Waals surface area contributed by atoms with Crippen LogP contribution in [0.15, 0.2) is 12.1 Å². The highest BCUT2D eigenvalue weighted by Gasteiger charge is 2.28. The van der Waals surface area contributed by atoms with Crippen LogP contribution >= 0.6 is 11.6 Å². The Hall–Kier alpha value is -1.95. The first kappa shape index (κ1) is 12.5. The van der Waals surface area contributed by atoms with Gasteiger partial charge in [-0.2, -0.15) is 0 Å². The summed E-state index contributed by atoms with van der Waals surface area (Å²) in [6, 6.07) is 2.99. The van der Waals surface area contributed by atoms with Crippen LogP contribution in [0.25, 0.3) is 0 Å². The first-order chi connectivity index (χ1) is 8.49. The SMILES string of the molecule is O=C(O)C(Cc1cc2c(cc1Cl)OCO2)C(=O)O. The van der Waals surface area contributed by atoms with Crippen molar-refractivity contribution >= 4 is 23.5 Å². The van der Waals surface area contributed by atoms with Crippen molar-refractivity contribution in [1.82, 2.24) is 0 Å². The van der Waals surface area contributed by atoms with Crippen molar-refractivity contribution in [2.24, 2.45) is 5.92 Å². The van der Waals surface area contributed by atoms with E-state index in [4.69, 9.17) is 31.3 Å². The molecule has 18 heavy (non-hydrogen) atoms. The average molecular weight is 273 g/mol. The number of aliphatic carboxylic acids is 2. The van der Waals surface area contributed by atoms with Crippen molar-refractivity contribution < 1.29 is 29.3 Å². The monoisotopic (exact) mass is 272 g/mol. The molecule has 1 heterocycles. The van der Waals surface area contributed by atoms with E-state index in [1.54, 1.807) is 0 Å². The molecule has 0 saturated carbocycles. The number of ether oxygens (including phenoxy) is 2. The predicted octanol–water partition coefficient (Wildman–Crippen LogP) is 1.40. The van der Waals surface area contributed by atoms with Gasteiger partial charge in [-0.15, -0.1) is 0 Å². The van der Waals surface area contributed by atoms with Crippen molar-refractivity contribution in [1.29, 1.82) is 0 Å². The molecule has 0 amide bonds. The fraction of sp³-hybridized carbons (Fsp3) is 0.273. The van der Waals surface area contributed by atoms with Crippen molar-refractivity contribution in [2.45, 2.75) is 6.42 Å². The second kappa shape index (κ2) is 4.73. The van der Waals surface area contributed by atoms with Gasteiger partial charge in [0.1, 0.15) is 0 Å². The van der Waals surface area contributed by atoms with E-state index in [0.717, 1.165) is 0 Å². The third kappa shape index (κ3) is 2.33. The molecule has 0 aliphatic carbocycles. The number of hydrogen-bond acceptors (Lipinski definition) is 4. The second-order valence-corrected chi connectivity index (χ2v) is 4.14. The molecule has 0 aromatic heterocycles. The smallest absolute Gasteiger partial charge is 0.318 e. The molecular formula is C11H9ClO6. The summed E-state index contributed by atoms with van der Waals surface area (Å²) in [6.45, 7) is 0.0659. The van der Waals surface area contributed by atoms with E-state index in [0.29, 0.717) is 17.1 Å². The van der Waals surface area contributed by atoms with Crippen LogP contribution in [0.2, 0.25) is 5.02 Å². The van der Waals surface area contributed by atoms with E-state index >= 15 is 0 Å². The lowest BCUT2D eigenvalue weighted by molar-refractivity contribution is -0.154. The molecular weight excluding hydrogens is 264 g/mol. The van der Waals surface area contributed by atoms with Crippen molar-refractivity contribution in [3.8, 4) is 11.5 Å². The summed E-state index contributed by atoms with van der Waals surface area (Å²) in [5.41, 5.74) is 0.399. The van der Waals surface area contributed by atoms with Crippen molar-refractivity contribution in [3.05, 3.63) is 22.7 Å². The number of fused-ring (bicyclic) bond motifs is 1. The first-order valence-corrected chi connectivity index (χ1v) is 5.40. The van der Waals surface area contributed by atoms with Gasteiger partial charge >= 0.3 is 11.9 Å². The highest BCUT2D eigenvalue weighted by molar-refractivity contribution is 6.31.